The van der Waals surface area contributed by atoms with Gasteiger partial charge in [-0.3, -0.25) is 9.12 Å². The predicted molar refractivity (Wildman–Crippen MR) is 74.4 cm³/mol. The number of nitrogens with two attached hydrogens (primary N) is 1. The van der Waals surface area contributed by atoms with E-state index < -0.39 is 46.9 Å². The lowest BCUT2D eigenvalue weighted by Crippen LogP contribution is -2.45. The summed E-state index contributed by atoms with van der Waals surface area (Å²) in [6.07, 6.45) is -4.29. The van der Waals surface area contributed by atoms with Crippen molar-refractivity contribution in [2.24, 2.45) is 5.11 Å². The van der Waals surface area contributed by atoms with Crippen LogP contribution in [0.15, 0.2) is 22.2 Å². The Kier molecular flexibility index (Phi) is 4.77. The third kappa shape index (κ3) is 3.46. The predicted octanol–water partition coefficient (Wildman–Crippen LogP) is -2.10. The van der Waals surface area contributed by atoms with Crippen LogP contribution in [0.1, 0.15) is 6.23 Å². The van der Waals surface area contributed by atoms with Crippen LogP contribution in [0.2, 0.25) is 0 Å². The first kappa shape index (κ1) is 18.1. The van der Waals surface area contributed by atoms with E-state index in [2.05, 4.69) is 19.2 Å². The van der Waals surface area contributed by atoms with Gasteiger partial charge < -0.3 is 20.7 Å². The van der Waals surface area contributed by atoms with E-state index in [0.29, 0.717) is 0 Å². The Bertz CT molecular complexity index is 835. The summed E-state index contributed by atoms with van der Waals surface area (Å²) in [4.78, 5) is 17.6. The fourth-order valence-corrected chi connectivity index (χ4v) is 2.40. The largest absolute Gasteiger partial charge is 0.397 e. The van der Waals surface area contributed by atoms with Crippen molar-refractivity contribution in [2.75, 3.05) is 12.3 Å². The van der Waals surface area contributed by atoms with Gasteiger partial charge in [-0.1, -0.05) is 5.11 Å². The van der Waals surface area contributed by atoms with Gasteiger partial charge in [0.05, 0.1) is 0 Å². The SMILES string of the molecule is [N-]=[N+]=N[C@]1(COS(=O)(=O)O)O[C@@H](n2ccc(N)nc2=O)[C@H](O)[C@@H]1O. The second-order valence-corrected chi connectivity index (χ2v) is 5.80. The lowest BCUT2D eigenvalue weighted by atomic mass is 10.1. The molecular weight excluding hydrogens is 352 g/mol. The van der Waals surface area contributed by atoms with Crippen LogP contribution in [-0.4, -0.2) is 57.3 Å². The van der Waals surface area contributed by atoms with Crippen molar-refractivity contribution < 1.29 is 32.1 Å². The molecule has 132 valence electrons. The maximum Gasteiger partial charge on any atom is 0.397 e. The molecule has 0 amide bonds. The summed E-state index contributed by atoms with van der Waals surface area (Å²) in [6.45, 7) is -1.15. The number of hydrogen-bond donors (Lipinski definition) is 4. The second kappa shape index (κ2) is 6.33. The summed E-state index contributed by atoms with van der Waals surface area (Å²) in [5.74, 6) is -0.111. The zero-order chi connectivity index (χ0) is 18.1. The third-order valence-corrected chi connectivity index (χ3v) is 3.57. The normalized spacial score (nSPS) is 30.0. The van der Waals surface area contributed by atoms with Gasteiger partial charge in [0.2, 0.25) is 5.72 Å². The zero-order valence-electron chi connectivity index (χ0n) is 11.7. The average molecular weight is 364 g/mol. The van der Waals surface area contributed by atoms with Gasteiger partial charge in [-0.2, -0.15) is 13.4 Å². The molecule has 5 N–H and O–H groups in total. The van der Waals surface area contributed by atoms with E-state index in [9.17, 15) is 23.4 Å². The first-order valence-corrected chi connectivity index (χ1v) is 7.53. The molecular formula is C9H12N6O8S. The molecule has 4 atom stereocenters. The van der Waals surface area contributed by atoms with Crippen molar-refractivity contribution in [3.63, 3.8) is 0 Å². The van der Waals surface area contributed by atoms with Gasteiger partial charge in [-0.15, -0.1) is 0 Å². The highest BCUT2D eigenvalue weighted by molar-refractivity contribution is 7.80. The number of rotatable bonds is 5. The minimum atomic E-state index is -4.96. The van der Waals surface area contributed by atoms with Gasteiger partial charge >= 0.3 is 16.1 Å². The number of aliphatic hydroxyl groups excluding tert-OH is 2. The van der Waals surface area contributed by atoms with E-state index in [-0.39, 0.29) is 5.82 Å². The molecule has 2 heterocycles. The fraction of sp³-hybridized carbons (Fsp3) is 0.556. The topological polar surface area (TPSA) is 223 Å². The smallest absolute Gasteiger partial charge is 0.387 e. The number of aromatic nitrogens is 2. The molecule has 24 heavy (non-hydrogen) atoms. The number of nitrogen functional groups attached to an aromatic ring is 1. The van der Waals surface area contributed by atoms with Crippen LogP contribution in [0.25, 0.3) is 10.4 Å². The molecule has 1 aromatic rings. The first-order chi connectivity index (χ1) is 11.1. The Morgan fingerprint density at radius 2 is 2.25 bits per heavy atom. The number of anilines is 1. The first-order valence-electron chi connectivity index (χ1n) is 6.16. The monoisotopic (exact) mass is 364 g/mol. The highest BCUT2D eigenvalue weighted by Crippen LogP contribution is 2.38. The van der Waals surface area contributed by atoms with Crippen molar-refractivity contribution in [1.82, 2.24) is 9.55 Å². The molecule has 1 saturated heterocycles. The Balaban J connectivity index is 2.41. The van der Waals surface area contributed by atoms with Crippen molar-refractivity contribution in [2.45, 2.75) is 24.2 Å². The molecule has 0 saturated carbocycles. The highest BCUT2D eigenvalue weighted by atomic mass is 32.3. The standard InChI is InChI=1S/C9H12N6O8S/c10-4-1-2-15(8(18)12-4)7-5(16)6(17)9(23-7,13-14-11)3-22-24(19,20)21/h1-2,5-7,16-17H,3H2,(H2,10,12,18)(H,19,20,21)/t5-,6+,7-,9-/m1/s1. The summed E-state index contributed by atoms with van der Waals surface area (Å²) in [6, 6.07) is 1.20. The summed E-state index contributed by atoms with van der Waals surface area (Å²) >= 11 is 0. The van der Waals surface area contributed by atoms with E-state index in [0.717, 1.165) is 10.8 Å². The van der Waals surface area contributed by atoms with Gasteiger partial charge in [0, 0.05) is 11.1 Å². The van der Waals surface area contributed by atoms with Crippen LogP contribution in [0, 0.1) is 0 Å². The van der Waals surface area contributed by atoms with Crippen LogP contribution in [0.3, 0.4) is 0 Å². The average Bonchev–Trinajstić information content (AvgIpc) is 2.71. The number of ether oxygens (including phenoxy) is 1. The molecule has 2 rings (SSSR count). The van der Waals surface area contributed by atoms with Crippen LogP contribution in [0.5, 0.6) is 0 Å². The molecule has 1 fully saturated rings. The number of azide groups is 1. The minimum absolute atomic E-state index is 0.111. The van der Waals surface area contributed by atoms with Crippen molar-refractivity contribution in [3.8, 4) is 0 Å². The summed E-state index contributed by atoms with van der Waals surface area (Å²) in [5, 5.41) is 23.2. The van der Waals surface area contributed by atoms with Crippen LogP contribution >= 0.6 is 0 Å². The molecule has 1 aromatic heterocycles. The summed E-state index contributed by atoms with van der Waals surface area (Å²) in [5.41, 5.74) is 10.6. The van der Waals surface area contributed by atoms with Crippen molar-refractivity contribution in [3.05, 3.63) is 33.2 Å². The maximum absolute atomic E-state index is 11.8. The quantitative estimate of drug-likeness (QED) is 0.193. The third-order valence-electron chi connectivity index (χ3n) is 3.16. The molecule has 1 aliphatic rings. The molecule has 1 aliphatic heterocycles. The van der Waals surface area contributed by atoms with Crippen molar-refractivity contribution in [1.29, 1.82) is 0 Å². The number of hydrogen-bond acceptors (Lipinski definition) is 10. The number of aliphatic hydroxyl groups is 2. The minimum Gasteiger partial charge on any atom is -0.387 e. The maximum atomic E-state index is 11.8. The molecule has 15 heteroatoms. The lowest BCUT2D eigenvalue weighted by molar-refractivity contribution is -0.120. The molecule has 14 nitrogen and oxygen atoms in total. The van der Waals surface area contributed by atoms with E-state index in [1.54, 1.807) is 0 Å². The zero-order valence-corrected chi connectivity index (χ0v) is 12.5. The van der Waals surface area contributed by atoms with Gasteiger partial charge in [-0.25, -0.2) is 8.98 Å². The summed E-state index contributed by atoms with van der Waals surface area (Å²) < 4.78 is 40.0. The Morgan fingerprint density at radius 3 is 2.79 bits per heavy atom. The van der Waals surface area contributed by atoms with Gasteiger partial charge in [0.1, 0.15) is 24.6 Å². The molecule has 0 bridgehead atoms. The molecule has 0 spiro atoms. The van der Waals surface area contributed by atoms with Crippen LogP contribution in [0.4, 0.5) is 5.82 Å². The van der Waals surface area contributed by atoms with Crippen LogP contribution < -0.4 is 11.4 Å². The van der Waals surface area contributed by atoms with E-state index >= 15 is 0 Å². The lowest BCUT2D eigenvalue weighted by Gasteiger charge is -2.25. The Morgan fingerprint density at radius 1 is 1.58 bits per heavy atom. The highest BCUT2D eigenvalue weighted by Gasteiger charge is 2.56. The van der Waals surface area contributed by atoms with Gasteiger partial charge in [0.15, 0.2) is 6.23 Å². The fourth-order valence-electron chi connectivity index (χ4n) is 2.08. The summed E-state index contributed by atoms with van der Waals surface area (Å²) in [7, 11) is -4.96. The van der Waals surface area contributed by atoms with E-state index in [1.807, 2.05) is 0 Å². The Hall–Kier alpha value is -2.26. The molecule has 0 aromatic carbocycles. The molecule has 0 radical (unpaired) electrons. The Labute approximate surface area is 133 Å². The molecule has 0 unspecified atom stereocenters. The van der Waals surface area contributed by atoms with E-state index in [4.69, 9.17) is 20.6 Å². The molecule has 0 aliphatic carbocycles. The van der Waals surface area contributed by atoms with Crippen molar-refractivity contribution >= 4 is 16.2 Å². The van der Waals surface area contributed by atoms with E-state index in [1.165, 1.54) is 6.07 Å². The van der Waals surface area contributed by atoms with Gasteiger partial charge in [0.25, 0.3) is 0 Å². The number of nitrogens with zero attached hydrogens (tertiary/aromatic N) is 5. The van der Waals surface area contributed by atoms with Crippen LogP contribution in [-0.2, 0) is 19.3 Å². The van der Waals surface area contributed by atoms with Gasteiger partial charge in [-0.05, 0) is 11.6 Å². The second-order valence-electron chi connectivity index (χ2n) is 4.71.